The Hall–Kier alpha value is -3.66. The number of aromatic nitrogens is 3. The fraction of sp³-hybridized carbons (Fsp3) is 0.105. The van der Waals surface area contributed by atoms with Crippen LogP contribution < -0.4 is 11.0 Å². The first-order valence-corrected chi connectivity index (χ1v) is 10.1. The summed E-state index contributed by atoms with van der Waals surface area (Å²) in [5.74, 6) is 0.185. The molecule has 2 aromatic carbocycles. The number of carbonyl (C=O) groups is 1. The Balaban J connectivity index is 1.80. The maximum absolute atomic E-state index is 13.1. The SMILES string of the molecule is Cc1cc(NC(=O)Cn2c(=O)n(S(=O)(=O)c3ccccc3)c3ccccc32)no1. The minimum Gasteiger partial charge on any atom is -0.360 e. The molecule has 0 bridgehead atoms. The molecule has 0 aliphatic rings. The van der Waals surface area contributed by atoms with Crippen LogP contribution in [0.3, 0.4) is 0 Å². The van der Waals surface area contributed by atoms with Crippen molar-refractivity contribution in [1.29, 1.82) is 0 Å². The Morgan fingerprint density at radius 3 is 2.38 bits per heavy atom. The third kappa shape index (κ3) is 3.34. The average Bonchev–Trinajstić information content (AvgIpc) is 3.23. The number of nitrogens with zero attached hydrogens (tertiary/aromatic N) is 3. The number of rotatable bonds is 5. The molecule has 29 heavy (non-hydrogen) atoms. The van der Waals surface area contributed by atoms with Crippen molar-refractivity contribution < 1.29 is 17.7 Å². The second-order valence-corrected chi connectivity index (χ2v) is 8.10. The molecule has 1 N–H and O–H groups in total. The molecule has 9 nitrogen and oxygen atoms in total. The molecule has 148 valence electrons. The van der Waals surface area contributed by atoms with Gasteiger partial charge >= 0.3 is 5.69 Å². The highest BCUT2D eigenvalue weighted by molar-refractivity contribution is 7.90. The summed E-state index contributed by atoms with van der Waals surface area (Å²) in [5.41, 5.74) is -0.323. The molecule has 1 amide bonds. The van der Waals surface area contributed by atoms with Gasteiger partial charge in [0, 0.05) is 6.07 Å². The van der Waals surface area contributed by atoms with Crippen molar-refractivity contribution in [2.45, 2.75) is 18.4 Å². The Bertz CT molecular complexity index is 1370. The fourth-order valence-electron chi connectivity index (χ4n) is 3.01. The van der Waals surface area contributed by atoms with Gasteiger partial charge < -0.3 is 9.84 Å². The van der Waals surface area contributed by atoms with Crippen molar-refractivity contribution in [2.75, 3.05) is 5.32 Å². The summed E-state index contributed by atoms with van der Waals surface area (Å²) in [6, 6.07) is 15.6. The molecule has 0 atom stereocenters. The summed E-state index contributed by atoms with van der Waals surface area (Å²) in [6.07, 6.45) is 0. The second kappa shape index (κ2) is 7.06. The van der Waals surface area contributed by atoms with Gasteiger partial charge in [-0.1, -0.05) is 35.5 Å². The van der Waals surface area contributed by atoms with Crippen LogP contribution in [0.4, 0.5) is 5.82 Å². The van der Waals surface area contributed by atoms with Crippen LogP contribution in [-0.4, -0.2) is 28.0 Å². The molecule has 2 aromatic heterocycles. The van der Waals surface area contributed by atoms with E-state index in [1.54, 1.807) is 43.3 Å². The Morgan fingerprint density at radius 1 is 1.07 bits per heavy atom. The van der Waals surface area contributed by atoms with E-state index in [4.69, 9.17) is 4.52 Å². The number of carbonyl (C=O) groups excluding carboxylic acids is 1. The molecule has 0 spiro atoms. The topological polar surface area (TPSA) is 116 Å². The molecule has 0 saturated carbocycles. The lowest BCUT2D eigenvalue weighted by molar-refractivity contribution is -0.116. The highest BCUT2D eigenvalue weighted by atomic mass is 32.2. The lowest BCUT2D eigenvalue weighted by atomic mass is 10.3. The molecule has 0 aliphatic carbocycles. The third-order valence-corrected chi connectivity index (χ3v) is 5.98. The number of hydrogen-bond acceptors (Lipinski definition) is 6. The number of benzene rings is 2. The largest absolute Gasteiger partial charge is 0.360 e. The normalized spacial score (nSPS) is 11.6. The lowest BCUT2D eigenvalue weighted by Gasteiger charge is -2.05. The molecule has 0 fully saturated rings. The standard InChI is InChI=1S/C19H16N4O5S/c1-13-11-17(21-28-13)20-18(24)12-22-15-9-5-6-10-16(15)23(19(22)25)29(26,27)14-7-3-2-4-8-14/h2-11H,12H2,1H3,(H,20,21,24). The van der Waals surface area contributed by atoms with E-state index >= 15 is 0 Å². The van der Waals surface area contributed by atoms with Crippen LogP contribution in [-0.2, 0) is 21.4 Å². The van der Waals surface area contributed by atoms with Gasteiger partial charge in [0.25, 0.3) is 10.0 Å². The Kier molecular flexibility index (Phi) is 4.55. The monoisotopic (exact) mass is 412 g/mol. The predicted molar refractivity (Wildman–Crippen MR) is 105 cm³/mol. The summed E-state index contributed by atoms with van der Waals surface area (Å²) in [5, 5.41) is 6.19. The van der Waals surface area contributed by atoms with Crippen molar-refractivity contribution in [3.05, 3.63) is 76.9 Å². The number of amides is 1. The van der Waals surface area contributed by atoms with Crippen molar-refractivity contribution in [1.82, 2.24) is 13.7 Å². The van der Waals surface area contributed by atoms with Gasteiger partial charge in [0.05, 0.1) is 15.9 Å². The number of imidazole rings is 1. The van der Waals surface area contributed by atoms with Gasteiger partial charge in [0.1, 0.15) is 12.3 Å². The molecule has 4 aromatic rings. The zero-order valence-electron chi connectivity index (χ0n) is 15.3. The molecule has 0 unspecified atom stereocenters. The van der Waals surface area contributed by atoms with E-state index in [-0.39, 0.29) is 22.8 Å². The highest BCUT2D eigenvalue weighted by Crippen LogP contribution is 2.19. The van der Waals surface area contributed by atoms with E-state index in [1.807, 2.05) is 0 Å². The van der Waals surface area contributed by atoms with E-state index in [0.717, 1.165) is 4.57 Å². The quantitative estimate of drug-likeness (QED) is 0.536. The molecule has 0 aliphatic heterocycles. The molecular weight excluding hydrogens is 396 g/mol. The zero-order valence-corrected chi connectivity index (χ0v) is 16.1. The van der Waals surface area contributed by atoms with Gasteiger partial charge in [0.15, 0.2) is 5.82 Å². The highest BCUT2D eigenvalue weighted by Gasteiger charge is 2.25. The summed E-state index contributed by atoms with van der Waals surface area (Å²) < 4.78 is 32.9. The van der Waals surface area contributed by atoms with Crippen molar-refractivity contribution in [3.63, 3.8) is 0 Å². The van der Waals surface area contributed by atoms with Gasteiger partial charge in [-0.3, -0.25) is 9.36 Å². The molecule has 10 heteroatoms. The zero-order chi connectivity index (χ0) is 20.6. The van der Waals surface area contributed by atoms with Crippen LogP contribution in [0.2, 0.25) is 0 Å². The van der Waals surface area contributed by atoms with Crippen LogP contribution in [0.15, 0.2) is 74.9 Å². The Labute approximate surface area is 165 Å². The van der Waals surface area contributed by atoms with Crippen molar-refractivity contribution in [3.8, 4) is 0 Å². The maximum Gasteiger partial charge on any atom is 0.343 e. The van der Waals surface area contributed by atoms with E-state index in [0.29, 0.717) is 15.2 Å². The fourth-order valence-corrected chi connectivity index (χ4v) is 4.44. The van der Waals surface area contributed by atoms with E-state index in [9.17, 15) is 18.0 Å². The molecule has 4 rings (SSSR count). The molecular formula is C19H16N4O5S. The maximum atomic E-state index is 13.1. The van der Waals surface area contributed by atoms with E-state index in [1.165, 1.54) is 24.3 Å². The third-order valence-electron chi connectivity index (χ3n) is 4.27. The number of nitrogens with one attached hydrogen (secondary N) is 1. The van der Waals surface area contributed by atoms with Gasteiger partial charge in [0.2, 0.25) is 5.91 Å². The first kappa shape index (κ1) is 18.7. The number of hydrogen-bond donors (Lipinski definition) is 1. The molecule has 0 saturated heterocycles. The molecule has 2 heterocycles. The second-order valence-electron chi connectivity index (χ2n) is 6.31. The summed E-state index contributed by atoms with van der Waals surface area (Å²) in [6.45, 7) is 1.29. The van der Waals surface area contributed by atoms with Gasteiger partial charge in [-0.05, 0) is 31.2 Å². The van der Waals surface area contributed by atoms with Crippen LogP contribution in [0, 0.1) is 6.92 Å². The van der Waals surface area contributed by atoms with Crippen LogP contribution >= 0.6 is 0 Å². The minimum atomic E-state index is -4.14. The van der Waals surface area contributed by atoms with Gasteiger partial charge in [-0.25, -0.2) is 13.2 Å². The number of para-hydroxylation sites is 2. The van der Waals surface area contributed by atoms with E-state index in [2.05, 4.69) is 10.5 Å². The van der Waals surface area contributed by atoms with Gasteiger partial charge in [-0.2, -0.15) is 3.97 Å². The summed E-state index contributed by atoms with van der Waals surface area (Å²) in [4.78, 5) is 25.4. The van der Waals surface area contributed by atoms with E-state index < -0.39 is 21.6 Å². The van der Waals surface area contributed by atoms with Crippen LogP contribution in [0.1, 0.15) is 5.76 Å². The lowest BCUT2D eigenvalue weighted by Crippen LogP contribution is -2.32. The smallest absolute Gasteiger partial charge is 0.343 e. The first-order valence-electron chi connectivity index (χ1n) is 8.62. The number of anilines is 1. The molecule has 0 radical (unpaired) electrons. The predicted octanol–water partition coefficient (Wildman–Crippen LogP) is 1.98. The van der Waals surface area contributed by atoms with Gasteiger partial charge in [-0.15, -0.1) is 0 Å². The minimum absolute atomic E-state index is 0.0208. The summed E-state index contributed by atoms with van der Waals surface area (Å²) in [7, 11) is -4.14. The summed E-state index contributed by atoms with van der Waals surface area (Å²) >= 11 is 0. The van der Waals surface area contributed by atoms with Crippen molar-refractivity contribution in [2.24, 2.45) is 0 Å². The Morgan fingerprint density at radius 2 is 1.72 bits per heavy atom. The number of fused-ring (bicyclic) bond motifs is 1. The average molecular weight is 412 g/mol. The van der Waals surface area contributed by atoms with Crippen LogP contribution in [0.5, 0.6) is 0 Å². The van der Waals surface area contributed by atoms with Crippen molar-refractivity contribution >= 4 is 32.8 Å². The number of aryl methyl sites for hydroxylation is 1. The first-order chi connectivity index (χ1) is 13.9. The van der Waals surface area contributed by atoms with Crippen LogP contribution in [0.25, 0.3) is 11.0 Å².